The molecule has 0 saturated heterocycles. The van der Waals surface area contributed by atoms with Crippen molar-refractivity contribution < 1.29 is 0 Å². The van der Waals surface area contributed by atoms with E-state index in [1.807, 2.05) is 0 Å². The maximum Gasteiger partial charge on any atom is -0.000111 e. The molecule has 0 aromatic rings. The van der Waals surface area contributed by atoms with Gasteiger partial charge in [0.15, 0.2) is 0 Å². The Morgan fingerprint density at radius 2 is 0.433 bits per heavy atom. The molecule has 30 N–H and O–H groups in total. The second kappa shape index (κ2) is 27.8. The zero-order valence-electron chi connectivity index (χ0n) is 15.6. The molecule has 0 aromatic carbocycles. The zero-order chi connectivity index (χ0) is 21.8. The highest BCUT2D eigenvalue weighted by atomic mass is 16.0. The second-order valence-electron chi connectivity index (χ2n) is 3.64. The molecule has 29 heteroatoms. The van der Waals surface area contributed by atoms with Crippen LogP contribution >= 0.6 is 0 Å². The Labute approximate surface area is 169 Å². The molecular formula is CH33N29. The molecule has 0 unspecified atom stereocenters. The highest BCUT2D eigenvalue weighted by Crippen LogP contribution is 1.30. The third kappa shape index (κ3) is 26.8. The normalized spacial score (nSPS) is 11.4. The van der Waals surface area contributed by atoms with Crippen LogP contribution < -0.4 is 161 Å². The predicted molar refractivity (Wildman–Crippen MR) is 97.9 cm³/mol. The molecule has 0 radical (unpaired) electrons. The molecule has 0 spiro atoms. The lowest BCUT2D eigenvalue weighted by Crippen LogP contribution is -2.70. The first kappa shape index (κ1) is 28.8. The molecule has 29 nitrogen and oxygen atoms in total. The first-order valence-electron chi connectivity index (χ1n) is 7.54. The van der Waals surface area contributed by atoms with Crippen LogP contribution in [0.15, 0.2) is 0 Å². The highest BCUT2D eigenvalue weighted by Gasteiger charge is 1.85. The minimum absolute atomic E-state index is 1.69. The minimum Gasteiger partial charge on any atom is -0.257 e. The third-order valence-electron chi connectivity index (χ3n) is 1.76. The predicted octanol–water partition coefficient (Wildman–Crippen LogP) is -14.3. The lowest BCUT2D eigenvalue weighted by molar-refractivity contribution is 0.185. The summed E-state index contributed by atoms with van der Waals surface area (Å²) in [4.78, 5) is 0. The third-order valence-corrected chi connectivity index (χ3v) is 1.76. The number of hydrogen-bond donors (Lipinski definition) is 29. The van der Waals surface area contributed by atoms with Gasteiger partial charge in [-0.15, -0.1) is 0 Å². The Bertz CT molecular complexity index is 248. The van der Waals surface area contributed by atoms with Crippen molar-refractivity contribution in [3.05, 3.63) is 0 Å². The van der Waals surface area contributed by atoms with Gasteiger partial charge in [0.05, 0.1) is 0 Å². The van der Waals surface area contributed by atoms with E-state index >= 15 is 0 Å². The van der Waals surface area contributed by atoms with Crippen LogP contribution in [0.1, 0.15) is 0 Å². The van der Waals surface area contributed by atoms with Gasteiger partial charge in [-0.2, -0.15) is 149 Å². The van der Waals surface area contributed by atoms with Gasteiger partial charge < -0.3 is 0 Å². The van der Waals surface area contributed by atoms with Gasteiger partial charge in [-0.1, -0.05) is 0 Å². The van der Waals surface area contributed by atoms with Crippen LogP contribution in [0, 0.1) is 0 Å². The van der Waals surface area contributed by atoms with Crippen LogP contribution in [0.5, 0.6) is 0 Å². The quantitative estimate of drug-likeness (QED) is 0.0312. The summed E-state index contributed by atoms with van der Waals surface area (Å²) >= 11 is 0. The summed E-state index contributed by atoms with van der Waals surface area (Å²) < 4.78 is 0. The van der Waals surface area contributed by atoms with Crippen molar-refractivity contribution in [1.29, 1.82) is 0 Å². The molecule has 0 saturated carbocycles. The Balaban J connectivity index is 2.97. The van der Waals surface area contributed by atoms with Crippen LogP contribution in [-0.4, -0.2) is 7.05 Å². The SMILES string of the molecule is CNNNNNNNNNNNNNNNNNNNNNNNNNNNNN. The van der Waals surface area contributed by atoms with E-state index in [-0.39, 0.29) is 0 Å². The van der Waals surface area contributed by atoms with Gasteiger partial charge in [-0.3, -0.25) is 5.84 Å². The van der Waals surface area contributed by atoms with E-state index in [0.717, 1.165) is 0 Å². The van der Waals surface area contributed by atoms with Gasteiger partial charge in [0.2, 0.25) is 0 Å². The molecule has 30 heavy (non-hydrogen) atoms. The highest BCUT2D eigenvalue weighted by molar-refractivity contribution is 4.19. The van der Waals surface area contributed by atoms with Crippen molar-refractivity contribution in [2.24, 2.45) is 5.84 Å². The Kier molecular flexibility index (Phi) is 26.8. The fraction of sp³-hybridized carbons (Fsp3) is 1.00. The average molecular weight is 451 g/mol. The molecule has 0 rings (SSSR count). The molecular weight excluding hydrogens is 418 g/mol. The number of nitrogens with two attached hydrogens (primary N) is 1. The molecule has 0 amide bonds. The van der Waals surface area contributed by atoms with Crippen molar-refractivity contribution in [2.45, 2.75) is 0 Å². The fourth-order valence-corrected chi connectivity index (χ4v) is 0.849. The summed E-state index contributed by atoms with van der Waals surface area (Å²) in [5.74, 6) is 4.92. The van der Waals surface area contributed by atoms with Crippen LogP contribution in [-0.2, 0) is 0 Å². The molecule has 0 aliphatic rings. The first-order chi connectivity index (χ1) is 14.9. The van der Waals surface area contributed by atoms with Crippen molar-refractivity contribution in [3.63, 3.8) is 0 Å². The van der Waals surface area contributed by atoms with Crippen LogP contribution in [0.2, 0.25) is 0 Å². The van der Waals surface area contributed by atoms with E-state index in [2.05, 4.69) is 155 Å². The Morgan fingerprint density at radius 3 is 0.600 bits per heavy atom. The summed E-state index contributed by atoms with van der Waals surface area (Å²) in [6.45, 7) is 0. The molecule has 0 aliphatic carbocycles. The van der Waals surface area contributed by atoms with E-state index in [0.29, 0.717) is 0 Å². The van der Waals surface area contributed by atoms with Crippen molar-refractivity contribution in [1.82, 2.24) is 155 Å². The monoisotopic (exact) mass is 451 g/mol. The molecule has 0 aromatic heterocycles. The van der Waals surface area contributed by atoms with E-state index in [9.17, 15) is 0 Å². The summed E-state index contributed by atoms with van der Waals surface area (Å²) in [6, 6.07) is 0. The summed E-state index contributed by atoms with van der Waals surface area (Å²) in [6.07, 6.45) is 0. The van der Waals surface area contributed by atoms with Gasteiger partial charge in [-0.05, 0) is 7.05 Å². The van der Waals surface area contributed by atoms with Crippen LogP contribution in [0.4, 0.5) is 0 Å². The molecule has 0 fully saturated rings. The maximum atomic E-state index is 4.92. The topological polar surface area (TPSA) is 363 Å². The number of hydrazine groups is 28. The standard InChI is InChI=1S/CH33N29/c1-3-5-7-9-11-13-15-17-19-21-23-25-27-29-30-28-26-24-22-20-18-16-14-12-10-8-6-4-2/h3-30H,2H2,1H3. The molecule has 0 bridgehead atoms. The lowest BCUT2D eigenvalue weighted by Gasteiger charge is -2.15. The smallest absolute Gasteiger partial charge is 0.000111 e. The van der Waals surface area contributed by atoms with Gasteiger partial charge in [0.25, 0.3) is 0 Å². The Morgan fingerprint density at radius 1 is 0.267 bits per heavy atom. The zero-order valence-corrected chi connectivity index (χ0v) is 15.6. The maximum absolute atomic E-state index is 4.92. The molecule has 0 atom stereocenters. The summed E-state index contributed by atoms with van der Waals surface area (Å²) in [5.41, 5.74) is 69.4. The lowest BCUT2D eigenvalue weighted by atomic mass is 11.5. The van der Waals surface area contributed by atoms with Crippen molar-refractivity contribution >= 4 is 0 Å². The van der Waals surface area contributed by atoms with Crippen molar-refractivity contribution in [2.75, 3.05) is 7.05 Å². The van der Waals surface area contributed by atoms with Crippen LogP contribution in [0.25, 0.3) is 0 Å². The van der Waals surface area contributed by atoms with Gasteiger partial charge >= 0.3 is 0 Å². The summed E-state index contributed by atoms with van der Waals surface area (Å²) in [5, 5.41) is 0. The molecule has 0 aliphatic heterocycles. The van der Waals surface area contributed by atoms with E-state index in [1.165, 1.54) is 0 Å². The largest absolute Gasteiger partial charge is 0.257 e. The van der Waals surface area contributed by atoms with Gasteiger partial charge in [-0.25, -0.2) is 5.43 Å². The van der Waals surface area contributed by atoms with Crippen LogP contribution in [0.3, 0.4) is 0 Å². The molecule has 0 heterocycles. The molecule has 182 valence electrons. The number of nitrogens with one attached hydrogen (secondary N) is 28. The Hall–Kier alpha value is -1.16. The van der Waals surface area contributed by atoms with Gasteiger partial charge in [0.1, 0.15) is 0 Å². The number of rotatable bonds is 27. The first-order valence-corrected chi connectivity index (χ1v) is 7.54. The average Bonchev–Trinajstić information content (AvgIpc) is 2.76. The number of hydrogen-bond acceptors (Lipinski definition) is 29. The van der Waals surface area contributed by atoms with E-state index in [1.54, 1.807) is 7.05 Å². The van der Waals surface area contributed by atoms with E-state index in [4.69, 9.17) is 5.84 Å². The van der Waals surface area contributed by atoms with Crippen molar-refractivity contribution in [3.8, 4) is 0 Å². The fourth-order valence-electron chi connectivity index (χ4n) is 0.849. The minimum atomic E-state index is 1.69. The van der Waals surface area contributed by atoms with Gasteiger partial charge in [0, 0.05) is 0 Å². The van der Waals surface area contributed by atoms with E-state index < -0.39 is 0 Å². The second-order valence-corrected chi connectivity index (χ2v) is 3.64. The summed E-state index contributed by atoms with van der Waals surface area (Å²) in [7, 11) is 1.69.